The van der Waals surface area contributed by atoms with Crippen LogP contribution in [0.15, 0.2) is 30.6 Å². The van der Waals surface area contributed by atoms with Gasteiger partial charge in [-0.25, -0.2) is 0 Å². The second-order valence-corrected chi connectivity index (χ2v) is 5.71. The third-order valence-corrected chi connectivity index (χ3v) is 3.47. The summed E-state index contributed by atoms with van der Waals surface area (Å²) in [6.07, 6.45) is -6.78. The van der Waals surface area contributed by atoms with Crippen molar-refractivity contribution in [3.63, 3.8) is 0 Å². The van der Waals surface area contributed by atoms with Crippen molar-refractivity contribution in [3.05, 3.63) is 42.0 Å². The summed E-state index contributed by atoms with van der Waals surface area (Å²) in [5.41, 5.74) is -0.266. The minimum atomic E-state index is -4.69. The number of rotatable bonds is 8. The molecule has 0 aliphatic heterocycles. The van der Waals surface area contributed by atoms with E-state index in [-0.39, 0.29) is 18.2 Å². The van der Waals surface area contributed by atoms with E-state index in [4.69, 9.17) is 0 Å². The average Bonchev–Trinajstić information content (AvgIpc) is 3.03. The minimum Gasteiger partial charge on any atom is -0.427 e. The van der Waals surface area contributed by atoms with Gasteiger partial charge >= 0.3 is 12.5 Å². The Labute approximate surface area is 147 Å². The number of hydrogen-bond acceptors (Lipinski definition) is 4. The molecular formula is C16H18F4N4O2. The van der Waals surface area contributed by atoms with Crippen LogP contribution in [0.4, 0.5) is 17.6 Å². The van der Waals surface area contributed by atoms with Crippen molar-refractivity contribution in [1.82, 2.24) is 20.1 Å². The van der Waals surface area contributed by atoms with E-state index in [2.05, 4.69) is 20.3 Å². The van der Waals surface area contributed by atoms with Crippen LogP contribution in [0.1, 0.15) is 36.1 Å². The molecule has 0 atom stereocenters. The van der Waals surface area contributed by atoms with E-state index in [0.717, 1.165) is 6.07 Å². The van der Waals surface area contributed by atoms with Gasteiger partial charge in [-0.3, -0.25) is 4.79 Å². The number of carbonyl (C=O) groups excluding carboxylic acids is 1. The Morgan fingerprint density at radius 3 is 2.65 bits per heavy atom. The van der Waals surface area contributed by atoms with Gasteiger partial charge in [0.15, 0.2) is 0 Å². The lowest BCUT2D eigenvalue weighted by atomic mass is 10.2. The first kappa shape index (κ1) is 19.7. The molecule has 0 bridgehead atoms. The normalized spacial score (nSPS) is 11.8. The second-order valence-electron chi connectivity index (χ2n) is 5.71. The molecule has 0 saturated carbocycles. The first-order chi connectivity index (χ1) is 12.2. The quantitative estimate of drug-likeness (QED) is 0.721. The van der Waals surface area contributed by atoms with E-state index >= 15 is 0 Å². The largest absolute Gasteiger partial charge is 0.461 e. The van der Waals surface area contributed by atoms with Crippen molar-refractivity contribution in [2.75, 3.05) is 6.54 Å². The number of alkyl halides is 4. The zero-order valence-corrected chi connectivity index (χ0v) is 14.1. The van der Waals surface area contributed by atoms with Crippen molar-refractivity contribution in [2.45, 2.75) is 38.8 Å². The third kappa shape index (κ3) is 4.70. The summed E-state index contributed by atoms with van der Waals surface area (Å²) in [7, 11) is 0. The first-order valence-corrected chi connectivity index (χ1v) is 7.83. The van der Waals surface area contributed by atoms with Crippen LogP contribution in [-0.2, 0) is 6.42 Å². The van der Waals surface area contributed by atoms with Crippen LogP contribution in [0, 0.1) is 0 Å². The molecule has 0 unspecified atom stereocenters. The number of ether oxygens (including phenoxy) is 1. The fourth-order valence-corrected chi connectivity index (χ4v) is 2.19. The lowest BCUT2D eigenvalue weighted by Crippen LogP contribution is -2.35. The fraction of sp³-hybridized carbons (Fsp3) is 0.438. The Kier molecular flexibility index (Phi) is 6.17. The molecule has 0 aliphatic carbocycles. The summed E-state index contributed by atoms with van der Waals surface area (Å²) in [6, 6.07) is 5.10. The number of hydrogen-bond donors (Lipinski definition) is 1. The van der Waals surface area contributed by atoms with Crippen LogP contribution in [0.25, 0.3) is 0 Å². The van der Waals surface area contributed by atoms with E-state index in [9.17, 15) is 22.4 Å². The number of benzene rings is 1. The lowest BCUT2D eigenvalue weighted by molar-refractivity contribution is -0.253. The third-order valence-electron chi connectivity index (χ3n) is 3.47. The van der Waals surface area contributed by atoms with Crippen molar-refractivity contribution >= 4 is 5.91 Å². The van der Waals surface area contributed by atoms with Gasteiger partial charge in [-0.2, -0.15) is 17.6 Å². The number of aromatic nitrogens is 3. The van der Waals surface area contributed by atoms with Gasteiger partial charge in [-0.05, 0) is 26.0 Å². The fourth-order valence-electron chi connectivity index (χ4n) is 2.19. The topological polar surface area (TPSA) is 69.0 Å². The minimum absolute atomic E-state index is 0.140. The van der Waals surface area contributed by atoms with Gasteiger partial charge < -0.3 is 14.6 Å². The Morgan fingerprint density at radius 2 is 2.00 bits per heavy atom. The van der Waals surface area contributed by atoms with E-state index < -0.39 is 24.2 Å². The Bertz CT molecular complexity index is 749. The number of carbonyl (C=O) groups is 1. The van der Waals surface area contributed by atoms with Crippen molar-refractivity contribution in [3.8, 4) is 5.75 Å². The predicted molar refractivity (Wildman–Crippen MR) is 84.5 cm³/mol. The van der Waals surface area contributed by atoms with Gasteiger partial charge in [0.25, 0.3) is 5.91 Å². The summed E-state index contributed by atoms with van der Waals surface area (Å²) in [6.45, 7) is 4.05. The Balaban J connectivity index is 2.03. The summed E-state index contributed by atoms with van der Waals surface area (Å²) < 4.78 is 56.7. The van der Waals surface area contributed by atoms with Gasteiger partial charge in [0.2, 0.25) is 0 Å². The molecule has 0 spiro atoms. The summed E-state index contributed by atoms with van der Waals surface area (Å²) in [5, 5.41) is 10.3. The molecule has 1 aromatic heterocycles. The number of para-hydroxylation sites is 1. The Morgan fingerprint density at radius 1 is 1.31 bits per heavy atom. The van der Waals surface area contributed by atoms with Gasteiger partial charge in [-0.1, -0.05) is 12.1 Å². The lowest BCUT2D eigenvalue weighted by Gasteiger charge is -2.18. The highest BCUT2D eigenvalue weighted by molar-refractivity contribution is 5.96. The summed E-state index contributed by atoms with van der Waals surface area (Å²) in [4.78, 5) is 12.2. The number of nitrogens with zero attached hydrogens (tertiary/aromatic N) is 3. The molecule has 1 aromatic carbocycles. The molecular weight excluding hydrogens is 356 g/mol. The second kappa shape index (κ2) is 8.15. The van der Waals surface area contributed by atoms with Crippen molar-refractivity contribution in [1.29, 1.82) is 0 Å². The zero-order valence-electron chi connectivity index (χ0n) is 14.1. The summed E-state index contributed by atoms with van der Waals surface area (Å²) >= 11 is 0. The number of nitrogens with one attached hydrogen (secondary N) is 1. The van der Waals surface area contributed by atoms with Gasteiger partial charge in [0, 0.05) is 19.0 Å². The molecule has 10 heteroatoms. The van der Waals surface area contributed by atoms with Gasteiger partial charge in [0.1, 0.15) is 17.9 Å². The summed E-state index contributed by atoms with van der Waals surface area (Å²) in [5.74, 6) is -0.698. The van der Waals surface area contributed by atoms with Gasteiger partial charge in [0.05, 0.1) is 5.56 Å². The van der Waals surface area contributed by atoms with Crippen LogP contribution in [-0.4, -0.2) is 39.8 Å². The molecule has 6 nitrogen and oxygen atoms in total. The van der Waals surface area contributed by atoms with Crippen LogP contribution in [0.3, 0.4) is 0 Å². The van der Waals surface area contributed by atoms with E-state index in [1.165, 1.54) is 18.2 Å². The van der Waals surface area contributed by atoms with Crippen molar-refractivity contribution in [2.24, 2.45) is 0 Å². The molecule has 1 heterocycles. The molecule has 2 rings (SSSR count). The Hall–Kier alpha value is -2.65. The highest BCUT2D eigenvalue weighted by Crippen LogP contribution is 2.29. The predicted octanol–water partition coefficient (Wildman–Crippen LogP) is 3.07. The highest BCUT2D eigenvalue weighted by atomic mass is 19.3. The first-order valence-electron chi connectivity index (χ1n) is 7.83. The average molecular weight is 374 g/mol. The SMILES string of the molecule is CC(C)n1cnnc1CCNC(=O)c1ccccc1OC(F)(F)C(F)F. The van der Waals surface area contributed by atoms with E-state index in [0.29, 0.717) is 12.2 Å². The molecule has 0 fully saturated rings. The molecule has 0 aliphatic rings. The van der Waals surface area contributed by atoms with Gasteiger partial charge in [-0.15, -0.1) is 10.2 Å². The number of amides is 1. The molecule has 142 valence electrons. The van der Waals surface area contributed by atoms with Crippen LogP contribution in [0.2, 0.25) is 0 Å². The maximum atomic E-state index is 13.1. The molecule has 26 heavy (non-hydrogen) atoms. The van der Waals surface area contributed by atoms with Crippen LogP contribution >= 0.6 is 0 Å². The standard InChI is InChI=1S/C16H18F4N4O2/c1-10(2)24-9-22-23-13(24)7-8-21-14(25)11-5-3-4-6-12(11)26-16(19,20)15(17)18/h3-6,9-10,15H,7-8H2,1-2H3,(H,21,25). The van der Waals surface area contributed by atoms with Crippen LogP contribution in [0.5, 0.6) is 5.75 Å². The monoisotopic (exact) mass is 374 g/mol. The molecule has 1 N–H and O–H groups in total. The molecule has 1 amide bonds. The molecule has 2 aromatic rings. The maximum absolute atomic E-state index is 13.1. The maximum Gasteiger partial charge on any atom is 0.461 e. The highest BCUT2D eigenvalue weighted by Gasteiger charge is 2.44. The van der Waals surface area contributed by atoms with Crippen molar-refractivity contribution < 1.29 is 27.1 Å². The molecule has 0 saturated heterocycles. The number of halogens is 4. The zero-order chi connectivity index (χ0) is 19.3. The van der Waals surface area contributed by atoms with E-state index in [1.54, 1.807) is 6.33 Å². The van der Waals surface area contributed by atoms with E-state index in [1.807, 2.05) is 18.4 Å². The molecule has 0 radical (unpaired) electrons. The smallest absolute Gasteiger partial charge is 0.427 e. The van der Waals surface area contributed by atoms with Crippen LogP contribution < -0.4 is 10.1 Å².